The number of rotatable bonds is 5. The number of aliphatic hydroxyl groups excluding tert-OH is 1. The third kappa shape index (κ3) is 4.33. The molecule has 90 valence electrons. The highest BCUT2D eigenvalue weighted by Gasteiger charge is 2.19. The Labute approximate surface area is 97.0 Å². The fraction of sp³-hybridized carbons (Fsp3) is 0.500. The Kier molecular flexibility index (Phi) is 4.50. The van der Waals surface area contributed by atoms with Gasteiger partial charge >= 0.3 is 0 Å². The number of hydrogen-bond acceptors (Lipinski definition) is 3. The van der Waals surface area contributed by atoms with Crippen LogP contribution in [0.3, 0.4) is 0 Å². The van der Waals surface area contributed by atoms with Crippen LogP contribution in [0.1, 0.15) is 25.5 Å². The van der Waals surface area contributed by atoms with E-state index in [1.54, 1.807) is 24.3 Å². The largest absolute Gasteiger partial charge is 0.387 e. The zero-order chi connectivity index (χ0) is 12.2. The van der Waals surface area contributed by atoms with E-state index >= 15 is 0 Å². The average molecular weight is 242 g/mol. The maximum atomic E-state index is 11.7. The summed E-state index contributed by atoms with van der Waals surface area (Å²) in [5.74, 6) is 0.0134. The first-order valence-electron chi connectivity index (χ1n) is 5.34. The molecule has 1 aromatic rings. The maximum Gasteiger partial charge on any atom is 0.153 e. The van der Waals surface area contributed by atoms with Crippen molar-refractivity contribution in [1.29, 1.82) is 0 Å². The van der Waals surface area contributed by atoms with Gasteiger partial charge in [-0.25, -0.2) is 8.42 Å². The quantitative estimate of drug-likeness (QED) is 0.856. The van der Waals surface area contributed by atoms with Crippen LogP contribution in [0.25, 0.3) is 0 Å². The standard InChI is InChI=1S/C12H18O3S/c1-10(2)8-16(14,15)9-12(13)11-6-4-3-5-7-11/h3-7,10,12-13H,8-9H2,1-2H3. The highest BCUT2D eigenvalue weighted by molar-refractivity contribution is 7.91. The molecular formula is C12H18O3S. The van der Waals surface area contributed by atoms with Gasteiger partial charge in [0.05, 0.1) is 17.6 Å². The van der Waals surface area contributed by atoms with E-state index < -0.39 is 15.9 Å². The molecule has 0 spiro atoms. The Morgan fingerprint density at radius 2 is 1.69 bits per heavy atom. The summed E-state index contributed by atoms with van der Waals surface area (Å²) in [7, 11) is -3.18. The van der Waals surface area contributed by atoms with Gasteiger partial charge in [-0.2, -0.15) is 0 Å². The van der Waals surface area contributed by atoms with Crippen molar-refractivity contribution in [2.24, 2.45) is 5.92 Å². The fourth-order valence-corrected chi connectivity index (χ4v) is 3.41. The molecule has 4 heteroatoms. The molecule has 1 rings (SSSR count). The molecule has 3 nitrogen and oxygen atoms in total. The predicted molar refractivity (Wildman–Crippen MR) is 64.9 cm³/mol. The van der Waals surface area contributed by atoms with Crippen LogP contribution in [-0.2, 0) is 9.84 Å². The highest BCUT2D eigenvalue weighted by atomic mass is 32.2. The summed E-state index contributed by atoms with van der Waals surface area (Å²) in [4.78, 5) is 0. The third-order valence-electron chi connectivity index (χ3n) is 2.18. The molecule has 0 aliphatic carbocycles. The van der Waals surface area contributed by atoms with Gasteiger partial charge in [-0.05, 0) is 11.5 Å². The van der Waals surface area contributed by atoms with Crippen molar-refractivity contribution in [3.8, 4) is 0 Å². The molecule has 0 fully saturated rings. The van der Waals surface area contributed by atoms with Crippen molar-refractivity contribution < 1.29 is 13.5 Å². The molecular weight excluding hydrogens is 224 g/mol. The fourth-order valence-electron chi connectivity index (χ4n) is 1.59. The normalized spacial score (nSPS) is 14.0. The lowest BCUT2D eigenvalue weighted by atomic mass is 10.1. The van der Waals surface area contributed by atoms with Crippen LogP contribution < -0.4 is 0 Å². The van der Waals surface area contributed by atoms with E-state index in [4.69, 9.17) is 0 Å². The summed E-state index contributed by atoms with van der Waals surface area (Å²) in [6.07, 6.45) is -0.926. The first-order valence-corrected chi connectivity index (χ1v) is 7.16. The lowest BCUT2D eigenvalue weighted by Crippen LogP contribution is -2.20. The lowest BCUT2D eigenvalue weighted by molar-refractivity contribution is 0.201. The number of aliphatic hydroxyl groups is 1. The second-order valence-corrected chi connectivity index (χ2v) is 6.55. The molecule has 0 aliphatic heterocycles. The van der Waals surface area contributed by atoms with Gasteiger partial charge in [-0.1, -0.05) is 44.2 Å². The zero-order valence-corrected chi connectivity index (χ0v) is 10.4. The first kappa shape index (κ1) is 13.2. The van der Waals surface area contributed by atoms with Crippen molar-refractivity contribution in [1.82, 2.24) is 0 Å². The SMILES string of the molecule is CC(C)CS(=O)(=O)CC(O)c1ccccc1. The van der Waals surface area contributed by atoms with Crippen LogP contribution in [0.2, 0.25) is 0 Å². The van der Waals surface area contributed by atoms with Gasteiger partial charge in [0.2, 0.25) is 0 Å². The Morgan fingerprint density at radius 1 is 1.12 bits per heavy atom. The Bertz CT molecular complexity index is 409. The van der Waals surface area contributed by atoms with E-state index in [0.29, 0.717) is 5.56 Å². The highest BCUT2D eigenvalue weighted by Crippen LogP contribution is 2.15. The second-order valence-electron chi connectivity index (χ2n) is 4.40. The van der Waals surface area contributed by atoms with Crippen molar-refractivity contribution in [2.75, 3.05) is 11.5 Å². The molecule has 1 unspecified atom stereocenters. The van der Waals surface area contributed by atoms with E-state index in [0.717, 1.165) is 0 Å². The monoisotopic (exact) mass is 242 g/mol. The van der Waals surface area contributed by atoms with E-state index in [-0.39, 0.29) is 17.4 Å². The predicted octanol–water partition coefficient (Wildman–Crippen LogP) is 1.79. The third-order valence-corrected chi connectivity index (χ3v) is 4.18. The molecule has 0 saturated carbocycles. The van der Waals surface area contributed by atoms with E-state index in [1.165, 1.54) is 0 Å². The molecule has 1 atom stereocenters. The van der Waals surface area contributed by atoms with Gasteiger partial charge in [0.25, 0.3) is 0 Å². The van der Waals surface area contributed by atoms with Crippen molar-refractivity contribution in [3.05, 3.63) is 35.9 Å². The zero-order valence-electron chi connectivity index (χ0n) is 9.63. The van der Waals surface area contributed by atoms with Crippen LogP contribution in [0, 0.1) is 5.92 Å². The molecule has 16 heavy (non-hydrogen) atoms. The number of benzene rings is 1. The molecule has 0 saturated heterocycles. The van der Waals surface area contributed by atoms with Gasteiger partial charge in [0, 0.05) is 0 Å². The Balaban J connectivity index is 2.68. The van der Waals surface area contributed by atoms with Crippen LogP contribution in [0.5, 0.6) is 0 Å². The van der Waals surface area contributed by atoms with Crippen molar-refractivity contribution in [2.45, 2.75) is 20.0 Å². The summed E-state index contributed by atoms with van der Waals surface area (Å²) in [6, 6.07) is 8.87. The number of hydrogen-bond donors (Lipinski definition) is 1. The van der Waals surface area contributed by atoms with Gasteiger partial charge in [0.1, 0.15) is 0 Å². The molecule has 0 radical (unpaired) electrons. The smallest absolute Gasteiger partial charge is 0.153 e. The molecule has 0 aliphatic rings. The molecule has 1 aromatic carbocycles. The van der Waals surface area contributed by atoms with E-state index in [9.17, 15) is 13.5 Å². The Hall–Kier alpha value is -0.870. The average Bonchev–Trinajstić information content (AvgIpc) is 2.16. The molecule has 0 heterocycles. The summed E-state index contributed by atoms with van der Waals surface area (Å²) in [6.45, 7) is 3.71. The van der Waals surface area contributed by atoms with Gasteiger partial charge in [-0.15, -0.1) is 0 Å². The first-order chi connectivity index (χ1) is 7.41. The molecule has 1 N–H and O–H groups in total. The second kappa shape index (κ2) is 5.46. The van der Waals surface area contributed by atoms with Crippen LogP contribution >= 0.6 is 0 Å². The van der Waals surface area contributed by atoms with Gasteiger partial charge in [-0.3, -0.25) is 0 Å². The summed E-state index contributed by atoms with van der Waals surface area (Å²) < 4.78 is 23.3. The molecule has 0 amide bonds. The summed E-state index contributed by atoms with van der Waals surface area (Å²) in [5, 5.41) is 9.79. The van der Waals surface area contributed by atoms with Crippen LogP contribution in [0.15, 0.2) is 30.3 Å². The van der Waals surface area contributed by atoms with E-state index in [1.807, 2.05) is 19.9 Å². The minimum atomic E-state index is -3.18. The summed E-state index contributed by atoms with van der Waals surface area (Å²) >= 11 is 0. The molecule has 0 bridgehead atoms. The number of sulfone groups is 1. The van der Waals surface area contributed by atoms with Gasteiger partial charge < -0.3 is 5.11 Å². The van der Waals surface area contributed by atoms with Crippen molar-refractivity contribution >= 4 is 9.84 Å². The van der Waals surface area contributed by atoms with Crippen LogP contribution in [-0.4, -0.2) is 25.0 Å². The Morgan fingerprint density at radius 3 is 2.19 bits per heavy atom. The maximum absolute atomic E-state index is 11.7. The minimum absolute atomic E-state index is 0.0907. The topological polar surface area (TPSA) is 54.4 Å². The van der Waals surface area contributed by atoms with Crippen molar-refractivity contribution in [3.63, 3.8) is 0 Å². The van der Waals surface area contributed by atoms with Crippen LogP contribution in [0.4, 0.5) is 0 Å². The lowest BCUT2D eigenvalue weighted by Gasteiger charge is -2.12. The minimum Gasteiger partial charge on any atom is -0.387 e. The summed E-state index contributed by atoms with van der Waals surface area (Å²) in [5.41, 5.74) is 0.648. The van der Waals surface area contributed by atoms with Gasteiger partial charge in [0.15, 0.2) is 9.84 Å². The molecule has 0 aromatic heterocycles. The van der Waals surface area contributed by atoms with E-state index in [2.05, 4.69) is 0 Å².